The molecule has 0 saturated carbocycles. The Hall–Kier alpha value is -3.67. The summed E-state index contributed by atoms with van der Waals surface area (Å²) in [5.74, 6) is 0.764. The number of anilines is 2. The van der Waals surface area contributed by atoms with E-state index in [4.69, 9.17) is 4.98 Å². The predicted octanol–water partition coefficient (Wildman–Crippen LogP) is 4.73. The number of rotatable bonds is 3. The summed E-state index contributed by atoms with van der Waals surface area (Å²) in [7, 11) is 5.47. The number of hydrogen-bond acceptors (Lipinski definition) is 4. The standard InChI is InChI=1S/C26H27N5O/c1-17-12-24-19(13-22(17)20-15-27-30(4)16-20)9-7-11-31(24)25-21-10-6-5-8-18(21)14-23(28-25)26(32)29(2)3/h5-6,8,10,12-16H,7,9,11H2,1-4H3. The average Bonchev–Trinajstić information content (AvgIpc) is 3.23. The third kappa shape index (κ3) is 3.42. The molecule has 1 amide bonds. The zero-order valence-corrected chi connectivity index (χ0v) is 19.0. The third-order valence-electron chi connectivity index (χ3n) is 6.16. The molecule has 0 N–H and O–H groups in total. The van der Waals surface area contributed by atoms with Crippen molar-refractivity contribution in [2.45, 2.75) is 19.8 Å². The lowest BCUT2D eigenvalue weighted by Crippen LogP contribution is -2.28. The van der Waals surface area contributed by atoms with Gasteiger partial charge in [-0.05, 0) is 60.0 Å². The van der Waals surface area contributed by atoms with Gasteiger partial charge in [-0.1, -0.05) is 24.3 Å². The minimum Gasteiger partial charge on any atom is -0.343 e. The number of amides is 1. The lowest BCUT2D eigenvalue weighted by molar-refractivity contribution is 0.0822. The van der Waals surface area contributed by atoms with Gasteiger partial charge in [0.15, 0.2) is 0 Å². The molecule has 2 aromatic carbocycles. The SMILES string of the molecule is Cc1cc2c(cc1-c1cnn(C)c1)CCCN2c1nc(C(=O)N(C)C)cc2ccccc12. The summed E-state index contributed by atoms with van der Waals surface area (Å²) in [6.45, 7) is 3.02. The smallest absolute Gasteiger partial charge is 0.272 e. The third-order valence-corrected chi connectivity index (χ3v) is 6.16. The zero-order chi connectivity index (χ0) is 22.4. The lowest BCUT2D eigenvalue weighted by atomic mass is 9.93. The van der Waals surface area contributed by atoms with Gasteiger partial charge in [-0.2, -0.15) is 5.10 Å². The molecule has 1 aliphatic heterocycles. The summed E-state index contributed by atoms with van der Waals surface area (Å²) in [6, 6.07) is 14.6. The van der Waals surface area contributed by atoms with Crippen LogP contribution >= 0.6 is 0 Å². The lowest BCUT2D eigenvalue weighted by Gasteiger charge is -2.32. The van der Waals surface area contributed by atoms with E-state index >= 15 is 0 Å². The van der Waals surface area contributed by atoms with Crippen LogP contribution < -0.4 is 4.90 Å². The molecule has 6 nitrogen and oxygen atoms in total. The van der Waals surface area contributed by atoms with E-state index in [1.54, 1.807) is 19.0 Å². The molecule has 32 heavy (non-hydrogen) atoms. The summed E-state index contributed by atoms with van der Waals surface area (Å²) >= 11 is 0. The Kier molecular flexibility index (Phi) is 4.93. The van der Waals surface area contributed by atoms with Crippen LogP contribution in [0.5, 0.6) is 0 Å². The Morgan fingerprint density at radius 1 is 1.12 bits per heavy atom. The molecule has 0 radical (unpaired) electrons. The van der Waals surface area contributed by atoms with Crippen LogP contribution in [0.1, 0.15) is 28.0 Å². The normalized spacial score (nSPS) is 13.3. The van der Waals surface area contributed by atoms with E-state index in [0.29, 0.717) is 5.69 Å². The first-order chi connectivity index (χ1) is 15.4. The fourth-order valence-corrected chi connectivity index (χ4v) is 4.55. The molecule has 6 heteroatoms. The number of carbonyl (C=O) groups excluding carboxylic acids is 1. The number of nitrogens with zero attached hydrogens (tertiary/aromatic N) is 5. The Morgan fingerprint density at radius 2 is 1.94 bits per heavy atom. The number of carbonyl (C=O) groups is 1. The second-order valence-electron chi connectivity index (χ2n) is 8.71. The van der Waals surface area contributed by atoms with Crippen molar-refractivity contribution < 1.29 is 4.79 Å². The van der Waals surface area contributed by atoms with Gasteiger partial charge in [0.05, 0.1) is 6.20 Å². The van der Waals surface area contributed by atoms with Crippen LogP contribution in [0.15, 0.2) is 54.9 Å². The molecular weight excluding hydrogens is 398 g/mol. The maximum absolute atomic E-state index is 12.8. The molecule has 0 fully saturated rings. The molecule has 5 rings (SSSR count). The van der Waals surface area contributed by atoms with Crippen LogP contribution in [-0.2, 0) is 13.5 Å². The van der Waals surface area contributed by atoms with Gasteiger partial charge in [-0.3, -0.25) is 9.48 Å². The van der Waals surface area contributed by atoms with Gasteiger partial charge in [0.1, 0.15) is 11.5 Å². The maximum atomic E-state index is 12.8. The molecule has 2 aromatic heterocycles. The first-order valence-corrected chi connectivity index (χ1v) is 10.9. The van der Waals surface area contributed by atoms with E-state index in [9.17, 15) is 4.79 Å². The second-order valence-corrected chi connectivity index (χ2v) is 8.71. The van der Waals surface area contributed by atoms with Crippen LogP contribution in [0.4, 0.5) is 11.5 Å². The molecule has 0 atom stereocenters. The average molecular weight is 426 g/mol. The number of hydrogen-bond donors (Lipinski definition) is 0. The van der Waals surface area contributed by atoms with Crippen molar-refractivity contribution in [1.82, 2.24) is 19.7 Å². The first kappa shape index (κ1) is 20.2. The van der Waals surface area contributed by atoms with E-state index < -0.39 is 0 Å². The van der Waals surface area contributed by atoms with Crippen molar-refractivity contribution in [1.29, 1.82) is 0 Å². The highest BCUT2D eigenvalue weighted by molar-refractivity contribution is 6.01. The van der Waals surface area contributed by atoms with E-state index in [1.165, 1.54) is 22.4 Å². The molecule has 0 saturated heterocycles. The largest absolute Gasteiger partial charge is 0.343 e. The van der Waals surface area contributed by atoms with Gasteiger partial charge in [-0.15, -0.1) is 0 Å². The molecule has 0 unspecified atom stereocenters. The highest BCUT2D eigenvalue weighted by Gasteiger charge is 2.24. The first-order valence-electron chi connectivity index (χ1n) is 10.9. The van der Waals surface area contributed by atoms with E-state index in [-0.39, 0.29) is 5.91 Å². The van der Waals surface area contributed by atoms with Gasteiger partial charge in [0, 0.05) is 50.5 Å². The summed E-state index contributed by atoms with van der Waals surface area (Å²) in [5, 5.41) is 6.43. The molecule has 162 valence electrons. The van der Waals surface area contributed by atoms with Crippen LogP contribution in [0.25, 0.3) is 21.9 Å². The van der Waals surface area contributed by atoms with E-state index in [0.717, 1.165) is 41.5 Å². The van der Waals surface area contributed by atoms with Crippen molar-refractivity contribution >= 4 is 28.2 Å². The van der Waals surface area contributed by atoms with Crippen molar-refractivity contribution in [3.63, 3.8) is 0 Å². The van der Waals surface area contributed by atoms with Gasteiger partial charge < -0.3 is 9.80 Å². The number of benzene rings is 2. The van der Waals surface area contributed by atoms with Crippen molar-refractivity contribution in [3.05, 3.63) is 71.7 Å². The monoisotopic (exact) mass is 425 g/mol. The van der Waals surface area contributed by atoms with E-state index in [2.05, 4.69) is 47.4 Å². The van der Waals surface area contributed by atoms with Gasteiger partial charge in [0.25, 0.3) is 5.91 Å². The number of aryl methyl sites for hydroxylation is 3. The molecule has 0 aliphatic carbocycles. The highest BCUT2D eigenvalue weighted by Crippen LogP contribution is 2.39. The summed E-state index contributed by atoms with van der Waals surface area (Å²) < 4.78 is 1.84. The molecular formula is C26H27N5O. The van der Waals surface area contributed by atoms with Crippen LogP contribution in [0, 0.1) is 6.92 Å². The summed E-state index contributed by atoms with van der Waals surface area (Å²) in [6.07, 6.45) is 6.03. The van der Waals surface area contributed by atoms with Crippen molar-refractivity contribution in [2.24, 2.45) is 7.05 Å². The fraction of sp³-hybridized carbons (Fsp3) is 0.269. The number of aromatic nitrogens is 3. The Balaban J connectivity index is 1.67. The van der Waals surface area contributed by atoms with Crippen molar-refractivity contribution in [3.8, 4) is 11.1 Å². The minimum atomic E-state index is -0.0858. The fourth-order valence-electron chi connectivity index (χ4n) is 4.55. The molecule has 0 spiro atoms. The summed E-state index contributed by atoms with van der Waals surface area (Å²) in [4.78, 5) is 21.5. The van der Waals surface area contributed by atoms with E-state index in [1.807, 2.05) is 36.1 Å². The quantitative estimate of drug-likeness (QED) is 0.476. The highest BCUT2D eigenvalue weighted by atomic mass is 16.2. The molecule has 1 aliphatic rings. The Bertz CT molecular complexity index is 1340. The van der Waals surface area contributed by atoms with Crippen LogP contribution in [-0.4, -0.2) is 46.2 Å². The topological polar surface area (TPSA) is 54.3 Å². The van der Waals surface area contributed by atoms with Gasteiger partial charge >= 0.3 is 0 Å². The minimum absolute atomic E-state index is 0.0858. The predicted molar refractivity (Wildman–Crippen MR) is 128 cm³/mol. The van der Waals surface area contributed by atoms with Crippen LogP contribution in [0.3, 0.4) is 0 Å². The van der Waals surface area contributed by atoms with Gasteiger partial charge in [0.2, 0.25) is 0 Å². The Morgan fingerprint density at radius 3 is 2.69 bits per heavy atom. The maximum Gasteiger partial charge on any atom is 0.272 e. The number of fused-ring (bicyclic) bond motifs is 2. The molecule has 4 aromatic rings. The molecule has 0 bridgehead atoms. The summed E-state index contributed by atoms with van der Waals surface area (Å²) in [5.41, 5.74) is 6.50. The number of pyridine rings is 1. The Labute approximate surface area is 188 Å². The zero-order valence-electron chi connectivity index (χ0n) is 19.0. The molecule has 3 heterocycles. The van der Waals surface area contributed by atoms with Gasteiger partial charge in [-0.25, -0.2) is 4.98 Å². The van der Waals surface area contributed by atoms with Crippen LogP contribution in [0.2, 0.25) is 0 Å². The second kappa shape index (κ2) is 7.79. The van der Waals surface area contributed by atoms with Crippen molar-refractivity contribution in [2.75, 3.05) is 25.5 Å².